The van der Waals surface area contributed by atoms with Gasteiger partial charge in [0.15, 0.2) is 0 Å². The van der Waals surface area contributed by atoms with Gasteiger partial charge in [-0.3, -0.25) is 14.6 Å². The zero-order valence-corrected chi connectivity index (χ0v) is 19.6. The standard InChI is InChI=1S/C27H33N3O3/c1-22-8-6-11-23(20-22)12-7-15-29-25(31)27(30(26(29)32)18-19-33-2)13-16-28(17-14-27)21-24-9-4-3-5-10-24/h3-12,20H,13-19,21H2,1-2H3. The SMILES string of the molecule is COCCN1C(=O)N(CC=Cc2cccc(C)c2)C(=O)C12CCN(Cc1ccccc1)CC2. The molecule has 0 aliphatic carbocycles. The average molecular weight is 448 g/mol. The molecule has 6 heteroatoms. The number of imide groups is 1. The molecule has 2 heterocycles. The van der Waals surface area contributed by atoms with Crippen LogP contribution < -0.4 is 0 Å². The summed E-state index contributed by atoms with van der Waals surface area (Å²) in [6, 6.07) is 18.3. The third-order valence-electron chi connectivity index (χ3n) is 6.71. The molecule has 2 aromatic rings. The lowest BCUT2D eigenvalue weighted by molar-refractivity contribution is -0.135. The number of nitrogens with zero attached hydrogens (tertiary/aromatic N) is 3. The van der Waals surface area contributed by atoms with Crippen LogP contribution in [-0.4, -0.2) is 72.1 Å². The lowest BCUT2D eigenvalue weighted by atomic mass is 9.85. The highest BCUT2D eigenvalue weighted by atomic mass is 16.5. The van der Waals surface area contributed by atoms with Gasteiger partial charge in [-0.15, -0.1) is 0 Å². The van der Waals surface area contributed by atoms with E-state index in [1.54, 1.807) is 12.0 Å². The van der Waals surface area contributed by atoms with Crippen LogP contribution in [0.2, 0.25) is 0 Å². The van der Waals surface area contributed by atoms with Crippen molar-refractivity contribution < 1.29 is 14.3 Å². The van der Waals surface area contributed by atoms with Crippen LogP contribution in [0.4, 0.5) is 4.79 Å². The van der Waals surface area contributed by atoms with E-state index in [0.29, 0.717) is 26.0 Å². The van der Waals surface area contributed by atoms with Crippen LogP contribution in [0.3, 0.4) is 0 Å². The Bertz CT molecular complexity index is 997. The van der Waals surface area contributed by atoms with Gasteiger partial charge in [0, 0.05) is 39.8 Å². The van der Waals surface area contributed by atoms with Crippen LogP contribution in [0, 0.1) is 6.92 Å². The van der Waals surface area contributed by atoms with E-state index in [4.69, 9.17) is 4.74 Å². The molecule has 0 unspecified atom stereocenters. The number of hydrogen-bond acceptors (Lipinski definition) is 4. The number of rotatable bonds is 8. The van der Waals surface area contributed by atoms with Gasteiger partial charge in [0.1, 0.15) is 5.54 Å². The first kappa shape index (κ1) is 23.2. The first-order valence-electron chi connectivity index (χ1n) is 11.7. The molecule has 2 saturated heterocycles. The van der Waals surface area contributed by atoms with Crippen LogP contribution >= 0.6 is 0 Å². The van der Waals surface area contributed by atoms with Crippen LogP contribution in [0.15, 0.2) is 60.7 Å². The molecule has 0 aromatic heterocycles. The summed E-state index contributed by atoms with van der Waals surface area (Å²) in [5.74, 6) is -0.0724. The van der Waals surface area contributed by atoms with E-state index in [1.807, 2.05) is 43.3 Å². The summed E-state index contributed by atoms with van der Waals surface area (Å²) in [6.45, 7) is 5.60. The van der Waals surface area contributed by atoms with Crippen molar-refractivity contribution in [1.29, 1.82) is 0 Å². The summed E-state index contributed by atoms with van der Waals surface area (Å²) in [7, 11) is 1.62. The quantitative estimate of drug-likeness (QED) is 0.575. The zero-order chi connectivity index (χ0) is 23.3. The molecule has 3 amide bonds. The predicted octanol–water partition coefficient (Wildman–Crippen LogP) is 3.95. The molecule has 2 aromatic carbocycles. The van der Waals surface area contributed by atoms with Gasteiger partial charge in [-0.05, 0) is 30.9 Å². The third-order valence-corrected chi connectivity index (χ3v) is 6.71. The van der Waals surface area contributed by atoms with Gasteiger partial charge in [-0.1, -0.05) is 72.3 Å². The molecule has 2 fully saturated rings. The molecule has 0 N–H and O–H groups in total. The summed E-state index contributed by atoms with van der Waals surface area (Å²) in [5, 5.41) is 0. The Morgan fingerprint density at radius 1 is 1.03 bits per heavy atom. The highest BCUT2D eigenvalue weighted by Gasteiger charge is 2.57. The molecule has 6 nitrogen and oxygen atoms in total. The highest BCUT2D eigenvalue weighted by molar-refractivity contribution is 6.07. The van der Waals surface area contributed by atoms with E-state index < -0.39 is 5.54 Å². The second-order valence-electron chi connectivity index (χ2n) is 8.95. The fourth-order valence-corrected chi connectivity index (χ4v) is 4.91. The fraction of sp³-hybridized carbons (Fsp3) is 0.407. The third kappa shape index (κ3) is 5.02. The minimum Gasteiger partial charge on any atom is -0.383 e. The van der Waals surface area contributed by atoms with Crippen molar-refractivity contribution in [3.63, 3.8) is 0 Å². The van der Waals surface area contributed by atoms with Gasteiger partial charge in [-0.2, -0.15) is 0 Å². The number of benzene rings is 2. The van der Waals surface area contributed by atoms with E-state index >= 15 is 0 Å². The topological polar surface area (TPSA) is 53.1 Å². The van der Waals surface area contributed by atoms with Crippen LogP contribution in [-0.2, 0) is 16.1 Å². The lowest BCUT2D eigenvalue weighted by Gasteiger charge is -2.42. The first-order valence-corrected chi connectivity index (χ1v) is 11.7. The summed E-state index contributed by atoms with van der Waals surface area (Å²) < 4.78 is 5.26. The maximum Gasteiger partial charge on any atom is 0.328 e. The van der Waals surface area contributed by atoms with Crippen LogP contribution in [0.25, 0.3) is 6.08 Å². The normalized spacial score (nSPS) is 18.7. The summed E-state index contributed by atoms with van der Waals surface area (Å²) in [5.41, 5.74) is 2.74. The van der Waals surface area contributed by atoms with Crippen LogP contribution in [0.1, 0.15) is 29.5 Å². The molecule has 0 radical (unpaired) electrons. The van der Waals surface area contributed by atoms with E-state index in [9.17, 15) is 9.59 Å². The second-order valence-corrected chi connectivity index (χ2v) is 8.95. The van der Waals surface area contributed by atoms with Gasteiger partial charge in [0.25, 0.3) is 5.91 Å². The number of urea groups is 1. The molecular weight excluding hydrogens is 414 g/mol. The van der Waals surface area contributed by atoms with Gasteiger partial charge >= 0.3 is 6.03 Å². The number of ether oxygens (including phenoxy) is 1. The number of aryl methyl sites for hydroxylation is 1. The molecule has 4 rings (SSSR count). The fourth-order valence-electron chi connectivity index (χ4n) is 4.91. The second kappa shape index (κ2) is 10.3. The minimum absolute atomic E-state index is 0.0724. The Labute approximate surface area is 196 Å². The minimum atomic E-state index is -0.764. The number of likely N-dealkylation sites (tertiary alicyclic amines) is 1. The first-order chi connectivity index (χ1) is 16.0. The van der Waals surface area contributed by atoms with E-state index in [1.165, 1.54) is 16.0 Å². The Hall–Kier alpha value is -2.96. The number of methoxy groups -OCH3 is 1. The number of piperidine rings is 1. The molecule has 0 bridgehead atoms. The highest BCUT2D eigenvalue weighted by Crippen LogP contribution is 2.37. The Kier molecular flexibility index (Phi) is 7.26. The predicted molar refractivity (Wildman–Crippen MR) is 130 cm³/mol. The summed E-state index contributed by atoms with van der Waals surface area (Å²) >= 11 is 0. The Morgan fingerprint density at radius 2 is 1.79 bits per heavy atom. The smallest absolute Gasteiger partial charge is 0.328 e. The number of hydrogen-bond donors (Lipinski definition) is 0. The number of amides is 3. The largest absolute Gasteiger partial charge is 0.383 e. The van der Waals surface area contributed by atoms with Gasteiger partial charge in [0.2, 0.25) is 0 Å². The van der Waals surface area contributed by atoms with Crippen LogP contribution in [0.5, 0.6) is 0 Å². The molecule has 33 heavy (non-hydrogen) atoms. The van der Waals surface area contributed by atoms with E-state index in [0.717, 1.165) is 25.2 Å². The maximum atomic E-state index is 13.6. The zero-order valence-electron chi connectivity index (χ0n) is 19.6. The van der Waals surface area contributed by atoms with Crippen molar-refractivity contribution in [2.45, 2.75) is 31.8 Å². The monoisotopic (exact) mass is 447 g/mol. The van der Waals surface area contributed by atoms with Crippen molar-refractivity contribution in [1.82, 2.24) is 14.7 Å². The number of carbonyl (C=O) groups excluding carboxylic acids is 2. The average Bonchev–Trinajstić information content (AvgIpc) is 3.01. The molecule has 1 spiro atoms. The molecule has 0 saturated carbocycles. The van der Waals surface area contributed by atoms with Crippen molar-refractivity contribution in [2.75, 3.05) is 39.9 Å². The maximum absolute atomic E-state index is 13.6. The van der Waals surface area contributed by atoms with Crippen molar-refractivity contribution in [2.24, 2.45) is 0 Å². The lowest BCUT2D eigenvalue weighted by Crippen LogP contribution is -2.57. The molecule has 0 atom stereocenters. The Balaban J connectivity index is 1.46. The molecule has 174 valence electrons. The van der Waals surface area contributed by atoms with Crippen molar-refractivity contribution in [3.8, 4) is 0 Å². The van der Waals surface area contributed by atoms with Crippen molar-refractivity contribution >= 4 is 18.0 Å². The summed E-state index contributed by atoms with van der Waals surface area (Å²) in [6.07, 6.45) is 5.17. The van der Waals surface area contributed by atoms with Gasteiger partial charge in [0.05, 0.1) is 6.61 Å². The van der Waals surface area contributed by atoms with Gasteiger partial charge in [-0.25, -0.2) is 4.79 Å². The van der Waals surface area contributed by atoms with E-state index in [-0.39, 0.29) is 18.5 Å². The molecular formula is C27H33N3O3. The summed E-state index contributed by atoms with van der Waals surface area (Å²) in [4.78, 5) is 32.4. The van der Waals surface area contributed by atoms with E-state index in [2.05, 4.69) is 35.2 Å². The molecule has 2 aliphatic heterocycles. The Morgan fingerprint density at radius 3 is 2.48 bits per heavy atom. The molecule has 2 aliphatic rings. The van der Waals surface area contributed by atoms with Gasteiger partial charge < -0.3 is 9.64 Å². The van der Waals surface area contributed by atoms with Crippen molar-refractivity contribution in [3.05, 3.63) is 77.4 Å². The number of carbonyl (C=O) groups is 2.